The molecule has 0 bridgehead atoms. The molecule has 17 heteroatoms. The molecule has 15 aromatic rings. The molecule has 88 heavy (non-hydrogen) atoms. The summed E-state index contributed by atoms with van der Waals surface area (Å²) in [4.78, 5) is 0. The number of rotatable bonds is 6. The van der Waals surface area contributed by atoms with Gasteiger partial charge < -0.3 is 18.3 Å². The van der Waals surface area contributed by atoms with Crippen LogP contribution >= 0.6 is 0 Å². The van der Waals surface area contributed by atoms with Crippen molar-refractivity contribution in [3.05, 3.63) is 252 Å². The SMILES string of the molecule is N#Cc1c(-n2c3ccc(C(F)(F)F)cc3c3cc(C(F)(F)F)ccc32)c(-c2ccccc2)c(-n2c3ccccc3c3ccc4c5ccccc5n(-c5ccccc5)c4c32)c(-c2ccccc2)c1-n1c2ccc(C(F)(F)F)cc2c2cc(C(F)(F)F)ccc21. The second-order valence-electron chi connectivity index (χ2n) is 21.5. The Kier molecular flexibility index (Phi) is 11.7. The number of hydrogen-bond donors (Lipinski definition) is 0. The van der Waals surface area contributed by atoms with Crippen molar-refractivity contribution in [2.45, 2.75) is 24.7 Å². The van der Waals surface area contributed by atoms with Crippen molar-refractivity contribution in [3.63, 3.8) is 0 Å². The summed E-state index contributed by atoms with van der Waals surface area (Å²) in [5, 5.41) is 14.4. The van der Waals surface area contributed by atoms with Crippen molar-refractivity contribution in [3.8, 4) is 51.1 Å². The highest BCUT2D eigenvalue weighted by Crippen LogP contribution is 2.54. The number of nitrogens with zero attached hydrogens (tertiary/aromatic N) is 5. The Bertz CT molecular complexity index is 5090. The molecule has 11 aromatic carbocycles. The van der Waals surface area contributed by atoms with E-state index in [1.807, 2.05) is 95.6 Å². The number of benzene rings is 11. The van der Waals surface area contributed by atoms with Gasteiger partial charge in [-0.15, -0.1) is 0 Å². The molecule has 0 unspecified atom stereocenters. The van der Waals surface area contributed by atoms with Crippen LogP contribution in [0.25, 0.3) is 132 Å². The summed E-state index contributed by atoms with van der Waals surface area (Å²) in [6.45, 7) is 0. The molecule has 0 aliphatic rings. The standard InChI is InChI=1S/C71H37F12N5/c72-68(73,74)41-24-30-57-50(34-41)51-35-42(69(75,76)77)25-31-58(51)86(57)63-54(38-84)64(87-59-32-26-43(70(78,79)80)36-52(59)53-37-44(71(81,82)83)27-33-60(53)87)62(40-16-6-2-7-17-40)67(61(63)39-14-4-1-5-15-39)88-56-23-13-11-21-47(56)49-29-28-48-46-20-10-12-22-55(46)85(65(48)66(49)88)45-18-8-3-9-19-45/h1-37H. The van der Waals surface area contributed by atoms with Crippen LogP contribution in [0.1, 0.15) is 27.8 Å². The molecule has 0 atom stereocenters. The van der Waals surface area contributed by atoms with E-state index in [2.05, 4.69) is 10.6 Å². The number of halogens is 12. The van der Waals surface area contributed by atoms with E-state index >= 15 is 0 Å². The van der Waals surface area contributed by atoms with Crippen LogP contribution in [0.15, 0.2) is 224 Å². The fraction of sp³-hybridized carbons (Fsp3) is 0.0563. The Labute approximate surface area is 489 Å². The van der Waals surface area contributed by atoms with Crippen molar-refractivity contribution in [1.82, 2.24) is 18.3 Å². The van der Waals surface area contributed by atoms with Crippen LogP contribution in [-0.2, 0) is 24.7 Å². The maximum Gasteiger partial charge on any atom is 0.416 e. The summed E-state index contributed by atoms with van der Waals surface area (Å²) in [6, 6.07) is 59.3. The van der Waals surface area contributed by atoms with Crippen LogP contribution in [0.5, 0.6) is 0 Å². The van der Waals surface area contributed by atoms with Crippen molar-refractivity contribution < 1.29 is 52.7 Å². The van der Waals surface area contributed by atoms with Crippen LogP contribution in [0.3, 0.4) is 0 Å². The third-order valence-corrected chi connectivity index (χ3v) is 16.7. The third-order valence-electron chi connectivity index (χ3n) is 16.7. The minimum absolute atomic E-state index is 0.0824. The fourth-order valence-electron chi connectivity index (χ4n) is 13.1. The molecule has 0 aliphatic carbocycles. The Morgan fingerprint density at radius 2 is 0.580 bits per heavy atom. The largest absolute Gasteiger partial charge is 0.416 e. The highest BCUT2D eigenvalue weighted by molar-refractivity contribution is 6.25. The van der Waals surface area contributed by atoms with Gasteiger partial charge in [-0.1, -0.05) is 127 Å². The van der Waals surface area contributed by atoms with Gasteiger partial charge in [-0.2, -0.15) is 57.9 Å². The number of aromatic nitrogens is 4. The molecule has 0 amide bonds. The normalized spacial score (nSPS) is 12.8. The van der Waals surface area contributed by atoms with E-state index in [9.17, 15) is 57.9 Å². The second-order valence-corrected chi connectivity index (χ2v) is 21.5. The van der Waals surface area contributed by atoms with Gasteiger partial charge in [0.15, 0.2) is 0 Å². The first-order valence-corrected chi connectivity index (χ1v) is 27.4. The van der Waals surface area contributed by atoms with Crippen LogP contribution < -0.4 is 0 Å². The number of para-hydroxylation sites is 3. The quantitative estimate of drug-likeness (QED) is 0.153. The molecule has 5 nitrogen and oxygen atoms in total. The zero-order valence-corrected chi connectivity index (χ0v) is 45.1. The Hall–Kier alpha value is -10.7. The van der Waals surface area contributed by atoms with Gasteiger partial charge in [-0.25, -0.2) is 0 Å². The molecule has 0 N–H and O–H groups in total. The van der Waals surface area contributed by atoms with Crippen LogP contribution in [-0.4, -0.2) is 18.3 Å². The lowest BCUT2D eigenvalue weighted by atomic mass is 9.88. The molecule has 4 aromatic heterocycles. The molecule has 0 radical (unpaired) electrons. The lowest BCUT2D eigenvalue weighted by Crippen LogP contribution is -2.14. The van der Waals surface area contributed by atoms with E-state index in [-0.39, 0.29) is 77.4 Å². The number of nitriles is 1. The highest BCUT2D eigenvalue weighted by atomic mass is 19.4. The maximum atomic E-state index is 15.0. The van der Waals surface area contributed by atoms with E-state index in [0.29, 0.717) is 38.4 Å². The molecular weight excluding hydrogens is 1150 g/mol. The van der Waals surface area contributed by atoms with Gasteiger partial charge in [-0.3, -0.25) is 0 Å². The van der Waals surface area contributed by atoms with Gasteiger partial charge in [0, 0.05) is 59.9 Å². The van der Waals surface area contributed by atoms with Gasteiger partial charge in [-0.05, 0) is 108 Å². The molecule has 0 aliphatic heterocycles. The number of hydrogen-bond acceptors (Lipinski definition) is 1. The molecular formula is C71H37F12N5. The van der Waals surface area contributed by atoms with E-state index in [4.69, 9.17) is 0 Å². The molecule has 430 valence electrons. The molecule has 0 spiro atoms. The Morgan fingerprint density at radius 1 is 0.273 bits per heavy atom. The summed E-state index contributed by atoms with van der Waals surface area (Å²) < 4.78 is 187. The minimum Gasteiger partial charge on any atom is -0.307 e. The Balaban J connectivity index is 1.28. The van der Waals surface area contributed by atoms with Crippen molar-refractivity contribution >= 4 is 87.2 Å². The summed E-state index contributed by atoms with van der Waals surface area (Å²) in [5.41, 5.74) is -0.782. The monoisotopic (exact) mass is 1190 g/mol. The topological polar surface area (TPSA) is 43.5 Å². The second kappa shape index (κ2) is 19.1. The van der Waals surface area contributed by atoms with Crippen LogP contribution in [0, 0.1) is 11.3 Å². The lowest BCUT2D eigenvalue weighted by Gasteiger charge is -2.29. The van der Waals surface area contributed by atoms with Gasteiger partial charge in [0.2, 0.25) is 0 Å². The molecule has 0 fully saturated rings. The highest BCUT2D eigenvalue weighted by Gasteiger charge is 2.39. The first-order valence-electron chi connectivity index (χ1n) is 27.4. The molecule has 4 heterocycles. The lowest BCUT2D eigenvalue weighted by molar-refractivity contribution is -0.138. The molecule has 0 saturated carbocycles. The van der Waals surface area contributed by atoms with E-state index in [1.165, 1.54) is 9.13 Å². The molecule has 0 saturated heterocycles. The smallest absolute Gasteiger partial charge is 0.307 e. The maximum absolute atomic E-state index is 15.0. The molecule has 15 rings (SSSR count). The van der Waals surface area contributed by atoms with Gasteiger partial charge in [0.25, 0.3) is 0 Å². The fourth-order valence-corrected chi connectivity index (χ4v) is 13.1. The Morgan fingerprint density at radius 3 is 0.932 bits per heavy atom. The van der Waals surface area contributed by atoms with Gasteiger partial charge in [0.05, 0.1) is 83.4 Å². The van der Waals surface area contributed by atoms with Crippen LogP contribution in [0.4, 0.5) is 52.7 Å². The first-order chi connectivity index (χ1) is 42.2. The van der Waals surface area contributed by atoms with Crippen molar-refractivity contribution in [1.29, 1.82) is 5.26 Å². The summed E-state index contributed by atoms with van der Waals surface area (Å²) in [5.74, 6) is 0. The van der Waals surface area contributed by atoms with Gasteiger partial charge >= 0.3 is 24.7 Å². The van der Waals surface area contributed by atoms with E-state index in [0.717, 1.165) is 94.8 Å². The summed E-state index contributed by atoms with van der Waals surface area (Å²) >= 11 is 0. The zero-order chi connectivity index (χ0) is 60.9. The van der Waals surface area contributed by atoms with Crippen molar-refractivity contribution in [2.75, 3.05) is 0 Å². The van der Waals surface area contributed by atoms with E-state index < -0.39 is 47.0 Å². The van der Waals surface area contributed by atoms with Crippen molar-refractivity contribution in [2.24, 2.45) is 0 Å². The average molecular weight is 1190 g/mol. The number of fused-ring (bicyclic) bond motifs is 13. The average Bonchev–Trinajstić information content (AvgIpc) is 1.44. The predicted octanol–water partition coefficient (Wildman–Crippen LogP) is 21.4. The summed E-state index contributed by atoms with van der Waals surface area (Å²) in [7, 11) is 0. The predicted molar refractivity (Wildman–Crippen MR) is 319 cm³/mol. The van der Waals surface area contributed by atoms with E-state index in [1.54, 1.807) is 60.7 Å². The van der Waals surface area contributed by atoms with Crippen LogP contribution in [0.2, 0.25) is 0 Å². The third kappa shape index (κ3) is 8.11. The minimum atomic E-state index is -4.99. The zero-order valence-electron chi connectivity index (χ0n) is 45.1. The first kappa shape index (κ1) is 54.0. The summed E-state index contributed by atoms with van der Waals surface area (Å²) in [6.07, 6.45) is -20.0. The van der Waals surface area contributed by atoms with Gasteiger partial charge in [0.1, 0.15) is 11.6 Å². The number of alkyl halides is 12.